The third-order valence-corrected chi connectivity index (χ3v) is 8.10. The van der Waals surface area contributed by atoms with Crippen LogP contribution in [0.3, 0.4) is 0 Å². The van der Waals surface area contributed by atoms with E-state index in [1.54, 1.807) is 13.0 Å². The molecule has 1 rings (SSSR count). The number of hydrogen-bond acceptors (Lipinski definition) is 2. The van der Waals surface area contributed by atoms with Crippen LogP contribution >= 0.6 is 0 Å². The number of rotatable bonds is 2. The van der Waals surface area contributed by atoms with Crippen molar-refractivity contribution in [2.75, 3.05) is 0 Å². The van der Waals surface area contributed by atoms with Gasteiger partial charge in [-0.2, -0.15) is 0 Å². The van der Waals surface area contributed by atoms with E-state index in [0.717, 1.165) is 5.56 Å². The van der Waals surface area contributed by atoms with Crippen LogP contribution in [0.4, 0.5) is 5.69 Å². The molecule has 4 heteroatoms. The first-order valence-electron chi connectivity index (χ1n) is 4.58. The Morgan fingerprint density at radius 2 is 1.86 bits per heavy atom. The molecule has 1 aromatic rings. The van der Waals surface area contributed by atoms with Crippen LogP contribution in [0.5, 0.6) is 0 Å². The van der Waals surface area contributed by atoms with Crippen molar-refractivity contribution in [3.05, 3.63) is 33.9 Å². The number of nitro groups is 1. The Morgan fingerprint density at radius 3 is 2.29 bits per heavy atom. The van der Waals surface area contributed by atoms with Crippen LogP contribution in [0.15, 0.2) is 18.2 Å². The molecule has 0 saturated heterocycles. The second kappa shape index (κ2) is 3.88. The zero-order valence-electron chi connectivity index (χ0n) is 9.00. The molecule has 0 unspecified atom stereocenters. The summed E-state index contributed by atoms with van der Waals surface area (Å²) >= 11 is -2.15. The molecule has 76 valence electrons. The van der Waals surface area contributed by atoms with Crippen LogP contribution in [0.25, 0.3) is 0 Å². The number of nitrogens with zero attached hydrogens (tertiary/aromatic N) is 1. The van der Waals surface area contributed by atoms with Gasteiger partial charge in [0.15, 0.2) is 0 Å². The average molecular weight is 300 g/mol. The SMILES string of the molecule is Cc1cc[c]([Sn]([CH3])([CH3])[CH3])cc1[N+](=O)[O-]. The molecule has 1 aromatic carbocycles. The van der Waals surface area contributed by atoms with E-state index in [9.17, 15) is 10.1 Å². The molecule has 0 saturated carbocycles. The summed E-state index contributed by atoms with van der Waals surface area (Å²) in [5, 5.41) is 10.7. The summed E-state index contributed by atoms with van der Waals surface area (Å²) in [4.78, 5) is 17.2. The molecule has 0 aromatic heterocycles. The Hall–Kier alpha value is -0.581. The first-order chi connectivity index (χ1) is 6.32. The van der Waals surface area contributed by atoms with Crippen LogP contribution < -0.4 is 3.58 Å². The van der Waals surface area contributed by atoms with Crippen molar-refractivity contribution in [3.8, 4) is 0 Å². The van der Waals surface area contributed by atoms with Crippen molar-refractivity contribution in [1.82, 2.24) is 0 Å². The van der Waals surface area contributed by atoms with Crippen molar-refractivity contribution in [1.29, 1.82) is 0 Å². The van der Waals surface area contributed by atoms with E-state index in [-0.39, 0.29) is 10.6 Å². The second-order valence-electron chi connectivity index (χ2n) is 4.51. The fraction of sp³-hybridized carbons (Fsp3) is 0.400. The summed E-state index contributed by atoms with van der Waals surface area (Å²) in [6.07, 6.45) is 0. The van der Waals surface area contributed by atoms with Gasteiger partial charge in [-0.15, -0.1) is 0 Å². The predicted molar refractivity (Wildman–Crippen MR) is 60.8 cm³/mol. The van der Waals surface area contributed by atoms with Crippen molar-refractivity contribution in [2.24, 2.45) is 0 Å². The minimum absolute atomic E-state index is 0.258. The van der Waals surface area contributed by atoms with E-state index < -0.39 is 18.4 Å². The quantitative estimate of drug-likeness (QED) is 0.478. The minimum atomic E-state index is -2.15. The molecule has 0 heterocycles. The molecular weight excluding hydrogens is 285 g/mol. The van der Waals surface area contributed by atoms with E-state index in [1.807, 2.05) is 12.1 Å². The van der Waals surface area contributed by atoms with Crippen LogP contribution in [0.2, 0.25) is 14.8 Å². The normalized spacial score (nSPS) is 11.4. The monoisotopic (exact) mass is 301 g/mol. The van der Waals surface area contributed by atoms with E-state index in [0.29, 0.717) is 0 Å². The number of hydrogen-bond donors (Lipinski definition) is 0. The van der Waals surface area contributed by atoms with Crippen LogP contribution in [0.1, 0.15) is 5.56 Å². The predicted octanol–water partition coefficient (Wildman–Crippen LogP) is 2.45. The first kappa shape index (κ1) is 11.5. The van der Waals surface area contributed by atoms with Gasteiger partial charge in [-0.25, -0.2) is 0 Å². The van der Waals surface area contributed by atoms with Gasteiger partial charge in [0.1, 0.15) is 0 Å². The molecule has 14 heavy (non-hydrogen) atoms. The molecule has 0 atom stereocenters. The summed E-state index contributed by atoms with van der Waals surface area (Å²) < 4.78 is 1.21. The van der Waals surface area contributed by atoms with Gasteiger partial charge in [0.2, 0.25) is 0 Å². The van der Waals surface area contributed by atoms with E-state index in [1.165, 1.54) is 3.58 Å². The summed E-state index contributed by atoms with van der Waals surface area (Å²) in [6.45, 7) is 1.78. The van der Waals surface area contributed by atoms with Gasteiger partial charge < -0.3 is 0 Å². The van der Waals surface area contributed by atoms with Gasteiger partial charge in [-0.1, -0.05) is 0 Å². The Morgan fingerprint density at radius 1 is 1.29 bits per heavy atom. The maximum absolute atomic E-state index is 10.7. The molecule has 0 aliphatic carbocycles. The average Bonchev–Trinajstić information content (AvgIpc) is 2.02. The Balaban J connectivity index is 3.27. The van der Waals surface area contributed by atoms with Gasteiger partial charge in [0.05, 0.1) is 0 Å². The number of nitro benzene ring substituents is 1. The van der Waals surface area contributed by atoms with Crippen LogP contribution in [0, 0.1) is 17.0 Å². The molecule has 0 amide bonds. The number of aryl methyl sites for hydroxylation is 1. The molecular formula is C10H15NO2Sn. The second-order valence-corrected chi connectivity index (χ2v) is 19.0. The molecule has 3 nitrogen and oxygen atoms in total. The standard InChI is InChI=1S/C7H6NO2.3CH3.Sn/c1-6-4-2-3-5-7(6)8(9)10;;;;/h2,4-5H,1H3;3*1H3;. The van der Waals surface area contributed by atoms with Crippen molar-refractivity contribution in [2.45, 2.75) is 21.7 Å². The van der Waals surface area contributed by atoms with Crippen LogP contribution in [-0.4, -0.2) is 23.3 Å². The zero-order chi connectivity index (χ0) is 10.9. The Kier molecular flexibility index (Phi) is 3.19. The maximum atomic E-state index is 10.7. The summed E-state index contributed by atoms with van der Waals surface area (Å²) in [5.41, 5.74) is 1.00. The number of benzene rings is 1. The van der Waals surface area contributed by atoms with Crippen molar-refractivity contribution < 1.29 is 4.92 Å². The van der Waals surface area contributed by atoms with Gasteiger partial charge in [0.25, 0.3) is 0 Å². The van der Waals surface area contributed by atoms with Gasteiger partial charge in [-0.05, 0) is 0 Å². The Labute approximate surface area is 88.2 Å². The zero-order valence-corrected chi connectivity index (χ0v) is 11.8. The van der Waals surface area contributed by atoms with Crippen molar-refractivity contribution in [3.63, 3.8) is 0 Å². The third-order valence-electron chi connectivity index (χ3n) is 2.27. The summed E-state index contributed by atoms with van der Waals surface area (Å²) in [6, 6.07) is 5.65. The van der Waals surface area contributed by atoms with Crippen LogP contribution in [-0.2, 0) is 0 Å². The molecule has 0 aliphatic rings. The van der Waals surface area contributed by atoms with Gasteiger partial charge in [-0.3, -0.25) is 0 Å². The van der Waals surface area contributed by atoms with E-state index in [2.05, 4.69) is 14.8 Å². The topological polar surface area (TPSA) is 43.1 Å². The third kappa shape index (κ3) is 2.47. The van der Waals surface area contributed by atoms with Gasteiger partial charge >= 0.3 is 88.2 Å². The summed E-state index contributed by atoms with van der Waals surface area (Å²) in [7, 11) is 0. The molecule has 0 aliphatic heterocycles. The summed E-state index contributed by atoms with van der Waals surface area (Å²) in [5.74, 6) is 0. The molecule has 0 bridgehead atoms. The fourth-order valence-corrected chi connectivity index (χ4v) is 4.56. The first-order valence-corrected chi connectivity index (χ1v) is 14.6. The molecule has 0 radical (unpaired) electrons. The molecule has 0 N–H and O–H groups in total. The molecule has 0 fully saturated rings. The Bertz CT molecular complexity index is 369. The molecule has 0 spiro atoms. The fourth-order valence-electron chi connectivity index (χ4n) is 1.27. The van der Waals surface area contributed by atoms with Crippen molar-refractivity contribution >= 4 is 27.6 Å². The van der Waals surface area contributed by atoms with E-state index >= 15 is 0 Å². The van der Waals surface area contributed by atoms with Gasteiger partial charge in [0, 0.05) is 0 Å². The van der Waals surface area contributed by atoms with E-state index in [4.69, 9.17) is 0 Å².